The van der Waals surface area contributed by atoms with Crippen LogP contribution in [0.4, 0.5) is 26.3 Å². The topological polar surface area (TPSA) is 0 Å². The molecule has 1 aliphatic rings. The molecule has 0 aromatic heterocycles. The van der Waals surface area contributed by atoms with Crippen LogP contribution >= 0.6 is 0 Å². The van der Waals surface area contributed by atoms with E-state index in [1.807, 2.05) is 6.92 Å². The molecule has 0 saturated carbocycles. The second-order valence-corrected chi connectivity index (χ2v) is 8.20. The molecule has 0 spiro atoms. The average molecular weight is 458 g/mol. The first kappa shape index (κ1) is 23.0. The molecule has 0 heterocycles. The average Bonchev–Trinajstić information content (AvgIpc) is 2.80. The van der Waals surface area contributed by atoms with E-state index in [-0.39, 0.29) is 17.0 Å². The van der Waals surface area contributed by atoms with E-state index in [0.29, 0.717) is 54.4 Å². The van der Waals surface area contributed by atoms with Crippen molar-refractivity contribution >= 4 is 0 Å². The van der Waals surface area contributed by atoms with Crippen molar-refractivity contribution in [1.82, 2.24) is 0 Å². The highest BCUT2D eigenvalue weighted by molar-refractivity contribution is 5.48. The molecule has 6 heteroatoms. The van der Waals surface area contributed by atoms with E-state index in [1.54, 1.807) is 18.2 Å². The second kappa shape index (κ2) is 9.35. The molecular formula is C27H20F6. The molecule has 3 aromatic carbocycles. The van der Waals surface area contributed by atoms with E-state index in [4.69, 9.17) is 0 Å². The smallest absolute Gasteiger partial charge is 0.194 e. The Hall–Kier alpha value is -3.20. The highest BCUT2D eigenvalue weighted by Crippen LogP contribution is 2.36. The van der Waals surface area contributed by atoms with Gasteiger partial charge < -0.3 is 0 Å². The molecule has 4 rings (SSSR count). The first-order valence-electron chi connectivity index (χ1n) is 10.7. The summed E-state index contributed by atoms with van der Waals surface area (Å²) in [6.07, 6.45) is 2.29. The summed E-state index contributed by atoms with van der Waals surface area (Å²) >= 11 is 0. The van der Waals surface area contributed by atoms with Gasteiger partial charge in [-0.2, -0.15) is 0 Å². The Labute approximate surface area is 188 Å². The van der Waals surface area contributed by atoms with Gasteiger partial charge in [-0.3, -0.25) is 0 Å². The molecule has 0 saturated heterocycles. The Balaban J connectivity index is 1.60. The van der Waals surface area contributed by atoms with Gasteiger partial charge in [0, 0.05) is 5.56 Å². The molecule has 0 nitrogen and oxygen atoms in total. The Bertz CT molecular complexity index is 1260. The lowest BCUT2D eigenvalue weighted by atomic mass is 9.79. The first-order chi connectivity index (χ1) is 15.8. The van der Waals surface area contributed by atoms with Crippen LogP contribution in [0, 0.1) is 46.7 Å². The van der Waals surface area contributed by atoms with Crippen LogP contribution in [0.25, 0.3) is 0 Å². The predicted molar refractivity (Wildman–Crippen MR) is 114 cm³/mol. The Morgan fingerprint density at radius 3 is 2.24 bits per heavy atom. The van der Waals surface area contributed by atoms with Gasteiger partial charge in [-0.1, -0.05) is 43.4 Å². The first-order valence-corrected chi connectivity index (χ1v) is 10.7. The molecule has 0 radical (unpaired) electrons. The molecule has 3 aromatic rings. The van der Waals surface area contributed by atoms with Crippen molar-refractivity contribution in [2.75, 3.05) is 0 Å². The molecule has 1 unspecified atom stereocenters. The number of halogens is 6. The fraction of sp³-hybridized carbons (Fsp3) is 0.259. The summed E-state index contributed by atoms with van der Waals surface area (Å²) in [7, 11) is 0. The molecule has 0 N–H and O–H groups in total. The van der Waals surface area contributed by atoms with Crippen LogP contribution in [0.1, 0.15) is 59.1 Å². The number of hydrogen-bond donors (Lipinski definition) is 0. The van der Waals surface area contributed by atoms with Crippen molar-refractivity contribution in [3.63, 3.8) is 0 Å². The third kappa shape index (κ3) is 4.50. The fourth-order valence-corrected chi connectivity index (χ4v) is 4.32. The maximum atomic E-state index is 15.0. The molecule has 33 heavy (non-hydrogen) atoms. The van der Waals surface area contributed by atoms with E-state index in [2.05, 4.69) is 11.8 Å². The van der Waals surface area contributed by atoms with Crippen molar-refractivity contribution in [3.05, 3.63) is 105 Å². The van der Waals surface area contributed by atoms with Crippen molar-refractivity contribution in [2.45, 2.75) is 44.9 Å². The van der Waals surface area contributed by atoms with E-state index >= 15 is 4.39 Å². The third-order valence-electron chi connectivity index (χ3n) is 6.03. The summed E-state index contributed by atoms with van der Waals surface area (Å²) in [5, 5.41) is 0. The van der Waals surface area contributed by atoms with Crippen LogP contribution in [0.3, 0.4) is 0 Å². The number of fused-ring (bicyclic) bond motifs is 1. The highest BCUT2D eigenvalue weighted by atomic mass is 19.2. The van der Waals surface area contributed by atoms with E-state index in [1.165, 1.54) is 6.07 Å². The quantitative estimate of drug-likeness (QED) is 0.222. The molecule has 0 fully saturated rings. The predicted octanol–water partition coefficient (Wildman–Crippen LogP) is 7.15. The van der Waals surface area contributed by atoms with Gasteiger partial charge in [-0.15, -0.1) is 0 Å². The Kier molecular flexibility index (Phi) is 6.51. The monoisotopic (exact) mass is 458 g/mol. The zero-order valence-electron chi connectivity index (χ0n) is 17.8. The molecule has 0 amide bonds. The SMILES string of the molecule is CCCc1ccc(C2CCc3c(ccc(C#Cc4cc(F)c(F)c(F)c4)c3F)C2)c(F)c1F. The molecule has 0 bridgehead atoms. The Morgan fingerprint density at radius 2 is 1.55 bits per heavy atom. The van der Waals surface area contributed by atoms with Crippen LogP contribution in [0.15, 0.2) is 36.4 Å². The number of rotatable bonds is 3. The fourth-order valence-electron chi connectivity index (χ4n) is 4.32. The van der Waals surface area contributed by atoms with Crippen LogP contribution < -0.4 is 0 Å². The minimum atomic E-state index is -1.59. The minimum absolute atomic E-state index is 0.0403. The van der Waals surface area contributed by atoms with Gasteiger partial charge in [-0.05, 0) is 72.1 Å². The molecular weight excluding hydrogens is 438 g/mol. The van der Waals surface area contributed by atoms with Crippen LogP contribution in [0.2, 0.25) is 0 Å². The van der Waals surface area contributed by atoms with Gasteiger partial charge >= 0.3 is 0 Å². The van der Waals surface area contributed by atoms with Crippen LogP contribution in [-0.4, -0.2) is 0 Å². The molecule has 1 atom stereocenters. The summed E-state index contributed by atoms with van der Waals surface area (Å²) in [6.45, 7) is 1.90. The van der Waals surface area contributed by atoms with Crippen molar-refractivity contribution in [3.8, 4) is 11.8 Å². The summed E-state index contributed by atoms with van der Waals surface area (Å²) in [5.41, 5.74) is 1.70. The lowest BCUT2D eigenvalue weighted by molar-refractivity contribution is 0.446. The lowest BCUT2D eigenvalue weighted by Crippen LogP contribution is -2.17. The lowest BCUT2D eigenvalue weighted by Gasteiger charge is -2.26. The summed E-state index contributed by atoms with van der Waals surface area (Å²) in [6, 6.07) is 7.85. The second-order valence-electron chi connectivity index (χ2n) is 8.20. The van der Waals surface area contributed by atoms with Gasteiger partial charge in [0.25, 0.3) is 0 Å². The van der Waals surface area contributed by atoms with Crippen molar-refractivity contribution in [2.24, 2.45) is 0 Å². The zero-order chi connectivity index (χ0) is 23.7. The van der Waals surface area contributed by atoms with E-state index in [9.17, 15) is 22.0 Å². The zero-order valence-corrected chi connectivity index (χ0v) is 17.8. The van der Waals surface area contributed by atoms with Gasteiger partial charge in [-0.25, -0.2) is 26.3 Å². The largest absolute Gasteiger partial charge is 0.205 e. The normalized spacial score (nSPS) is 15.1. The van der Waals surface area contributed by atoms with Gasteiger partial charge in [0.15, 0.2) is 29.1 Å². The van der Waals surface area contributed by atoms with E-state index in [0.717, 1.165) is 12.1 Å². The van der Waals surface area contributed by atoms with Crippen LogP contribution in [-0.2, 0) is 19.3 Å². The van der Waals surface area contributed by atoms with Gasteiger partial charge in [0.2, 0.25) is 0 Å². The maximum absolute atomic E-state index is 15.0. The maximum Gasteiger partial charge on any atom is 0.194 e. The van der Waals surface area contributed by atoms with Gasteiger partial charge in [0.1, 0.15) is 5.82 Å². The molecule has 1 aliphatic carbocycles. The molecule has 0 aliphatic heterocycles. The standard InChI is InChI=1S/C27H20F6/c1-2-3-16-8-10-21(26(32)25(16)31)19-9-11-20-18(14-19)7-6-17(24(20)30)5-4-15-12-22(28)27(33)23(29)13-15/h6-8,10,12-13,19H,2-3,9,11,14H2,1H3. The van der Waals surface area contributed by atoms with Crippen LogP contribution in [0.5, 0.6) is 0 Å². The minimum Gasteiger partial charge on any atom is -0.205 e. The summed E-state index contributed by atoms with van der Waals surface area (Å²) in [4.78, 5) is 0. The number of aryl methyl sites for hydroxylation is 1. The van der Waals surface area contributed by atoms with E-state index < -0.39 is 34.9 Å². The highest BCUT2D eigenvalue weighted by Gasteiger charge is 2.27. The van der Waals surface area contributed by atoms with Crippen molar-refractivity contribution < 1.29 is 26.3 Å². The number of benzene rings is 3. The van der Waals surface area contributed by atoms with Crippen molar-refractivity contribution in [1.29, 1.82) is 0 Å². The third-order valence-corrected chi connectivity index (χ3v) is 6.03. The molecule has 170 valence electrons. The summed E-state index contributed by atoms with van der Waals surface area (Å²) < 4.78 is 83.9. The number of hydrogen-bond acceptors (Lipinski definition) is 0. The summed E-state index contributed by atoms with van der Waals surface area (Å²) in [5.74, 6) is -1.82. The Morgan fingerprint density at radius 1 is 0.818 bits per heavy atom. The van der Waals surface area contributed by atoms with Gasteiger partial charge in [0.05, 0.1) is 5.56 Å².